The summed E-state index contributed by atoms with van der Waals surface area (Å²) in [6, 6.07) is 6.35. The minimum absolute atomic E-state index is 0.0142. The number of hydrogen-bond donors (Lipinski definition) is 2. The van der Waals surface area contributed by atoms with E-state index in [9.17, 15) is 9.90 Å². The summed E-state index contributed by atoms with van der Waals surface area (Å²) >= 11 is 3.55. The largest absolute Gasteiger partial charge is 0.394 e. The maximum atomic E-state index is 12.6. The van der Waals surface area contributed by atoms with Crippen LogP contribution in [0.2, 0.25) is 0 Å². The van der Waals surface area contributed by atoms with Crippen molar-refractivity contribution in [2.45, 2.75) is 38.4 Å². The van der Waals surface area contributed by atoms with Crippen LogP contribution in [0.5, 0.6) is 0 Å². The first-order chi connectivity index (χ1) is 10.9. The average Bonchev–Trinajstić information content (AvgIpc) is 2.92. The van der Waals surface area contributed by atoms with Gasteiger partial charge in [-0.3, -0.25) is 0 Å². The molecule has 0 unspecified atom stereocenters. The highest BCUT2D eigenvalue weighted by atomic mass is 79.9. The van der Waals surface area contributed by atoms with E-state index in [4.69, 9.17) is 0 Å². The van der Waals surface area contributed by atoms with Gasteiger partial charge in [0.1, 0.15) is 0 Å². The van der Waals surface area contributed by atoms with Crippen LogP contribution in [0.15, 0.2) is 22.7 Å². The first kappa shape index (κ1) is 16.6. The lowest BCUT2D eigenvalue weighted by Crippen LogP contribution is -2.50. The molecule has 0 saturated carbocycles. The molecular weight excluding hydrogens is 358 g/mol. The molecule has 2 aliphatic rings. The second kappa shape index (κ2) is 6.32. The Labute approximate surface area is 145 Å². The number of amides is 2. The molecule has 1 aromatic rings. The Hall–Kier alpha value is -1.27. The van der Waals surface area contributed by atoms with E-state index in [-0.39, 0.29) is 36.7 Å². The van der Waals surface area contributed by atoms with Gasteiger partial charge in [-0.1, -0.05) is 15.9 Å². The van der Waals surface area contributed by atoms with Crippen molar-refractivity contribution < 1.29 is 9.90 Å². The standard InChI is InChI=1S/C17H24BrN3O2/c1-10(2)19-17(23)21-7-6-12-15(9-22)20(3)14-5-4-11(18)8-13(14)16(12)21/h4-5,8,10,12,15-16,22H,6-7,9H2,1-3H3,(H,19,23)/t12-,15+,16-/m0/s1. The van der Waals surface area contributed by atoms with Crippen LogP contribution in [-0.4, -0.2) is 48.3 Å². The fraction of sp³-hybridized carbons (Fsp3) is 0.588. The summed E-state index contributed by atoms with van der Waals surface area (Å²) in [5, 5.41) is 12.9. The monoisotopic (exact) mass is 381 g/mol. The zero-order valence-corrected chi connectivity index (χ0v) is 15.4. The summed E-state index contributed by atoms with van der Waals surface area (Å²) in [6.45, 7) is 4.78. The molecular formula is C17H24BrN3O2. The van der Waals surface area contributed by atoms with Crippen LogP contribution < -0.4 is 10.2 Å². The summed E-state index contributed by atoms with van der Waals surface area (Å²) in [5.41, 5.74) is 2.26. The molecule has 0 bridgehead atoms. The quantitative estimate of drug-likeness (QED) is 0.827. The zero-order valence-electron chi connectivity index (χ0n) is 13.8. The molecule has 0 spiro atoms. The number of benzene rings is 1. The fourth-order valence-corrected chi connectivity index (χ4v) is 4.36. The van der Waals surface area contributed by atoms with Crippen LogP contribution in [-0.2, 0) is 0 Å². The Balaban J connectivity index is 2.02. The molecule has 3 atom stereocenters. The lowest BCUT2D eigenvalue weighted by atomic mass is 9.82. The molecule has 6 heteroatoms. The Morgan fingerprint density at radius 1 is 1.48 bits per heavy atom. The number of aliphatic hydroxyl groups is 1. The van der Waals surface area contributed by atoms with E-state index in [1.165, 1.54) is 0 Å². The summed E-state index contributed by atoms with van der Waals surface area (Å²) < 4.78 is 1.02. The average molecular weight is 382 g/mol. The van der Waals surface area contributed by atoms with Crippen molar-refractivity contribution >= 4 is 27.6 Å². The molecule has 23 heavy (non-hydrogen) atoms. The highest BCUT2D eigenvalue weighted by molar-refractivity contribution is 9.10. The number of halogens is 1. The summed E-state index contributed by atoms with van der Waals surface area (Å²) in [5.74, 6) is 0.254. The number of likely N-dealkylation sites (tertiary alicyclic amines) is 1. The highest BCUT2D eigenvalue weighted by Crippen LogP contribution is 2.48. The van der Waals surface area contributed by atoms with Gasteiger partial charge >= 0.3 is 6.03 Å². The number of aliphatic hydroxyl groups excluding tert-OH is 1. The Morgan fingerprint density at radius 3 is 2.87 bits per heavy atom. The number of urea groups is 1. The molecule has 1 fully saturated rings. The second-order valence-corrected chi connectivity index (χ2v) is 7.67. The number of rotatable bonds is 2. The Kier molecular flexibility index (Phi) is 4.56. The maximum absolute atomic E-state index is 12.6. The number of nitrogens with one attached hydrogen (secondary N) is 1. The van der Waals surface area contributed by atoms with Gasteiger partial charge in [0.15, 0.2) is 0 Å². The number of nitrogens with zero attached hydrogens (tertiary/aromatic N) is 2. The van der Waals surface area contributed by atoms with Gasteiger partial charge in [-0.15, -0.1) is 0 Å². The minimum Gasteiger partial charge on any atom is -0.394 e. The molecule has 0 aromatic heterocycles. The van der Waals surface area contributed by atoms with Crippen molar-refractivity contribution in [2.75, 3.05) is 25.1 Å². The molecule has 126 valence electrons. The smallest absolute Gasteiger partial charge is 0.318 e. The van der Waals surface area contributed by atoms with E-state index in [1.807, 2.05) is 31.9 Å². The second-order valence-electron chi connectivity index (χ2n) is 6.76. The van der Waals surface area contributed by atoms with Crippen molar-refractivity contribution in [3.05, 3.63) is 28.2 Å². The molecule has 0 aliphatic carbocycles. The van der Waals surface area contributed by atoms with E-state index < -0.39 is 0 Å². The van der Waals surface area contributed by atoms with Crippen LogP contribution in [0.25, 0.3) is 0 Å². The van der Waals surface area contributed by atoms with Gasteiger partial charge in [-0.05, 0) is 44.0 Å². The van der Waals surface area contributed by atoms with Gasteiger partial charge in [0.05, 0.1) is 18.7 Å². The SMILES string of the molecule is CC(C)NC(=O)N1CC[C@@H]2[C@H]1c1cc(Br)ccc1N(C)[C@@H]2CO. The van der Waals surface area contributed by atoms with Crippen molar-refractivity contribution in [1.29, 1.82) is 0 Å². The van der Waals surface area contributed by atoms with Crippen molar-refractivity contribution in [3.8, 4) is 0 Å². The number of fused-ring (bicyclic) bond motifs is 3. The molecule has 2 N–H and O–H groups in total. The van der Waals surface area contributed by atoms with Crippen LogP contribution in [0.1, 0.15) is 31.9 Å². The van der Waals surface area contributed by atoms with E-state index in [0.29, 0.717) is 0 Å². The maximum Gasteiger partial charge on any atom is 0.318 e. The van der Waals surface area contributed by atoms with Crippen molar-refractivity contribution in [2.24, 2.45) is 5.92 Å². The van der Waals surface area contributed by atoms with Crippen LogP contribution in [0, 0.1) is 5.92 Å². The molecule has 0 radical (unpaired) electrons. The summed E-state index contributed by atoms with van der Waals surface area (Å²) in [6.07, 6.45) is 0.914. The molecule has 2 heterocycles. The van der Waals surface area contributed by atoms with E-state index in [0.717, 1.165) is 28.7 Å². The minimum atomic E-state index is -0.0142. The highest BCUT2D eigenvalue weighted by Gasteiger charge is 2.47. The first-order valence-electron chi connectivity index (χ1n) is 8.14. The van der Waals surface area contributed by atoms with Gasteiger partial charge in [0.2, 0.25) is 0 Å². The summed E-state index contributed by atoms with van der Waals surface area (Å²) in [7, 11) is 2.03. The third kappa shape index (κ3) is 2.83. The van der Waals surface area contributed by atoms with Gasteiger partial charge in [-0.25, -0.2) is 4.79 Å². The first-order valence-corrected chi connectivity index (χ1v) is 8.93. The van der Waals surface area contributed by atoms with Crippen LogP contribution in [0.3, 0.4) is 0 Å². The zero-order chi connectivity index (χ0) is 16.7. The van der Waals surface area contributed by atoms with Crippen molar-refractivity contribution in [3.63, 3.8) is 0 Å². The van der Waals surface area contributed by atoms with E-state index in [1.54, 1.807) is 0 Å². The Bertz CT molecular complexity index is 608. The number of carbonyl (C=O) groups is 1. The molecule has 2 aliphatic heterocycles. The van der Waals surface area contributed by atoms with Crippen LogP contribution >= 0.6 is 15.9 Å². The molecule has 3 rings (SSSR count). The Morgan fingerprint density at radius 2 is 2.22 bits per heavy atom. The molecule has 1 aromatic carbocycles. The molecule has 2 amide bonds. The van der Waals surface area contributed by atoms with Gasteiger partial charge < -0.3 is 20.2 Å². The van der Waals surface area contributed by atoms with Gasteiger partial charge in [-0.2, -0.15) is 0 Å². The lowest BCUT2D eigenvalue weighted by molar-refractivity contribution is 0.159. The lowest BCUT2D eigenvalue weighted by Gasteiger charge is -2.44. The van der Waals surface area contributed by atoms with Crippen molar-refractivity contribution in [1.82, 2.24) is 10.2 Å². The third-order valence-corrected chi connectivity index (χ3v) is 5.48. The number of hydrogen-bond acceptors (Lipinski definition) is 3. The molecule has 1 saturated heterocycles. The van der Waals surface area contributed by atoms with Gasteiger partial charge in [0.25, 0.3) is 0 Å². The van der Waals surface area contributed by atoms with Crippen LogP contribution in [0.4, 0.5) is 10.5 Å². The van der Waals surface area contributed by atoms with E-state index >= 15 is 0 Å². The van der Waals surface area contributed by atoms with Gasteiger partial charge in [0, 0.05) is 35.7 Å². The number of carbonyl (C=O) groups excluding carboxylic acids is 1. The fourth-order valence-electron chi connectivity index (χ4n) is 3.98. The topological polar surface area (TPSA) is 55.8 Å². The number of likely N-dealkylation sites (N-methyl/N-ethyl adjacent to an activating group) is 1. The van der Waals surface area contributed by atoms with E-state index in [2.05, 4.69) is 38.3 Å². The summed E-state index contributed by atoms with van der Waals surface area (Å²) in [4.78, 5) is 16.7. The normalized spacial score (nSPS) is 26.3. The predicted molar refractivity (Wildman–Crippen MR) is 94.6 cm³/mol. The molecule has 5 nitrogen and oxygen atoms in total. The third-order valence-electron chi connectivity index (χ3n) is 4.98. The number of anilines is 1. The predicted octanol–water partition coefficient (Wildman–Crippen LogP) is 2.74.